The monoisotopic (exact) mass is 374 g/mol. The first kappa shape index (κ1) is 18.6. The molecule has 1 aromatic heterocycles. The fourth-order valence-electron chi connectivity index (χ4n) is 2.44. The van der Waals surface area contributed by atoms with Crippen LogP contribution in [-0.4, -0.2) is 66.3 Å². The molecular formula is C17H22N6O4. The van der Waals surface area contributed by atoms with Crippen LogP contribution in [0.15, 0.2) is 23.3 Å². The Morgan fingerprint density at radius 3 is 2.85 bits per heavy atom. The van der Waals surface area contributed by atoms with E-state index in [-0.39, 0.29) is 17.7 Å². The van der Waals surface area contributed by atoms with E-state index in [1.54, 1.807) is 24.4 Å². The highest BCUT2D eigenvalue weighted by molar-refractivity contribution is 5.81. The number of methoxy groups -OCH3 is 1. The van der Waals surface area contributed by atoms with Crippen LogP contribution >= 0.6 is 0 Å². The van der Waals surface area contributed by atoms with Gasteiger partial charge >= 0.3 is 6.01 Å². The van der Waals surface area contributed by atoms with Gasteiger partial charge in [0.2, 0.25) is 5.95 Å². The minimum Gasteiger partial charge on any atom is -0.504 e. The number of hydrogen-bond donors (Lipinski definition) is 2. The van der Waals surface area contributed by atoms with Crippen molar-refractivity contribution in [3.63, 3.8) is 0 Å². The molecule has 0 radical (unpaired) electrons. The number of ether oxygens (including phenoxy) is 3. The van der Waals surface area contributed by atoms with Crippen molar-refractivity contribution < 1.29 is 19.3 Å². The van der Waals surface area contributed by atoms with Crippen LogP contribution in [0.1, 0.15) is 12.5 Å². The van der Waals surface area contributed by atoms with Crippen LogP contribution in [0.5, 0.6) is 17.5 Å². The van der Waals surface area contributed by atoms with Crippen molar-refractivity contribution in [2.45, 2.75) is 6.92 Å². The number of nitrogens with zero attached hydrogens (tertiary/aromatic N) is 5. The van der Waals surface area contributed by atoms with Crippen LogP contribution in [0.4, 0.5) is 11.9 Å². The Labute approximate surface area is 156 Å². The van der Waals surface area contributed by atoms with E-state index in [9.17, 15) is 5.11 Å². The summed E-state index contributed by atoms with van der Waals surface area (Å²) in [6, 6.07) is 5.16. The summed E-state index contributed by atoms with van der Waals surface area (Å²) in [7, 11) is 1.50. The predicted molar refractivity (Wildman–Crippen MR) is 99.9 cm³/mol. The lowest BCUT2D eigenvalue weighted by atomic mass is 10.2. The van der Waals surface area contributed by atoms with E-state index < -0.39 is 0 Å². The van der Waals surface area contributed by atoms with E-state index >= 15 is 0 Å². The molecule has 2 aromatic rings. The van der Waals surface area contributed by atoms with Crippen LogP contribution in [0.25, 0.3) is 0 Å². The van der Waals surface area contributed by atoms with E-state index in [0.717, 1.165) is 5.56 Å². The third kappa shape index (κ3) is 4.94. The SMILES string of the molecule is CCOc1cc(/C=N\Nc2nc(OC)nc(N3CCOCC3)n2)ccc1O. The zero-order valence-electron chi connectivity index (χ0n) is 15.3. The van der Waals surface area contributed by atoms with Crippen molar-refractivity contribution in [2.24, 2.45) is 5.10 Å². The van der Waals surface area contributed by atoms with Gasteiger partial charge < -0.3 is 24.2 Å². The van der Waals surface area contributed by atoms with Crippen molar-refractivity contribution in [3.05, 3.63) is 23.8 Å². The number of aromatic nitrogens is 3. The maximum atomic E-state index is 9.74. The molecule has 0 spiro atoms. The van der Waals surface area contributed by atoms with Gasteiger partial charge in [-0.15, -0.1) is 0 Å². The van der Waals surface area contributed by atoms with Gasteiger partial charge in [0.1, 0.15) is 0 Å². The Morgan fingerprint density at radius 1 is 1.30 bits per heavy atom. The molecule has 1 fully saturated rings. The molecule has 3 rings (SSSR count). The smallest absolute Gasteiger partial charge is 0.322 e. The van der Waals surface area contributed by atoms with Gasteiger partial charge in [-0.2, -0.15) is 20.1 Å². The predicted octanol–water partition coefficient (Wildman–Crippen LogP) is 1.27. The fourth-order valence-corrected chi connectivity index (χ4v) is 2.44. The number of morpholine rings is 1. The number of phenolic OH excluding ortho intramolecular Hbond substituents is 1. The molecule has 0 atom stereocenters. The summed E-state index contributed by atoms with van der Waals surface area (Å²) in [4.78, 5) is 14.8. The van der Waals surface area contributed by atoms with Crippen LogP contribution in [0.2, 0.25) is 0 Å². The molecule has 2 heterocycles. The molecule has 1 aromatic carbocycles. The third-order valence-corrected chi connectivity index (χ3v) is 3.74. The number of nitrogens with one attached hydrogen (secondary N) is 1. The van der Waals surface area contributed by atoms with Gasteiger partial charge in [0.05, 0.1) is 33.1 Å². The summed E-state index contributed by atoms with van der Waals surface area (Å²) in [6.07, 6.45) is 1.58. The van der Waals surface area contributed by atoms with Crippen molar-refractivity contribution >= 4 is 18.1 Å². The minimum absolute atomic E-state index is 0.0827. The average molecular weight is 374 g/mol. The van der Waals surface area contributed by atoms with Crippen LogP contribution < -0.4 is 19.8 Å². The van der Waals surface area contributed by atoms with Gasteiger partial charge in [-0.3, -0.25) is 0 Å². The Balaban J connectivity index is 1.73. The second-order valence-electron chi connectivity index (χ2n) is 5.58. The molecule has 10 heteroatoms. The van der Waals surface area contributed by atoms with Crippen molar-refractivity contribution in [1.29, 1.82) is 0 Å². The molecule has 144 valence electrons. The number of phenols is 1. The molecule has 0 unspecified atom stereocenters. The maximum absolute atomic E-state index is 9.74. The number of hydrazone groups is 1. The zero-order chi connectivity index (χ0) is 19.1. The summed E-state index contributed by atoms with van der Waals surface area (Å²) in [5.74, 6) is 1.26. The first-order valence-electron chi connectivity index (χ1n) is 8.57. The molecule has 0 bridgehead atoms. The Hall–Kier alpha value is -3.14. The average Bonchev–Trinajstić information content (AvgIpc) is 2.71. The summed E-state index contributed by atoms with van der Waals surface area (Å²) in [6.45, 7) is 4.95. The van der Waals surface area contributed by atoms with Crippen molar-refractivity contribution in [3.8, 4) is 17.5 Å². The molecule has 0 aliphatic carbocycles. The molecule has 10 nitrogen and oxygen atoms in total. The van der Waals surface area contributed by atoms with Crippen LogP contribution in [0.3, 0.4) is 0 Å². The highest BCUT2D eigenvalue weighted by atomic mass is 16.5. The molecule has 1 aliphatic rings. The summed E-state index contributed by atoms with van der Waals surface area (Å²) in [5.41, 5.74) is 3.53. The van der Waals surface area contributed by atoms with Gasteiger partial charge in [-0.05, 0) is 30.7 Å². The quantitative estimate of drug-likeness (QED) is 0.546. The first-order valence-corrected chi connectivity index (χ1v) is 8.57. The molecule has 27 heavy (non-hydrogen) atoms. The number of aromatic hydroxyl groups is 1. The van der Waals surface area contributed by atoms with Crippen molar-refractivity contribution in [1.82, 2.24) is 15.0 Å². The summed E-state index contributed by atoms with van der Waals surface area (Å²) >= 11 is 0. The molecule has 0 amide bonds. The topological polar surface area (TPSA) is 114 Å². The minimum atomic E-state index is 0.0827. The van der Waals surface area contributed by atoms with E-state index in [4.69, 9.17) is 14.2 Å². The van der Waals surface area contributed by atoms with Crippen LogP contribution in [0, 0.1) is 0 Å². The fraction of sp³-hybridized carbons (Fsp3) is 0.412. The first-order chi connectivity index (χ1) is 13.2. The number of rotatable bonds is 7. The molecule has 0 saturated carbocycles. The number of benzene rings is 1. The standard InChI is InChI=1S/C17H22N6O4/c1-3-27-14-10-12(4-5-13(14)24)11-18-22-15-19-16(21-17(20-15)25-2)23-6-8-26-9-7-23/h4-5,10-11,24H,3,6-9H2,1-2H3,(H,19,20,21,22)/b18-11-. The Bertz CT molecular complexity index is 795. The van der Waals surface area contributed by atoms with Crippen LogP contribution in [-0.2, 0) is 4.74 Å². The highest BCUT2D eigenvalue weighted by Gasteiger charge is 2.16. The van der Waals surface area contributed by atoms with E-state index in [2.05, 4.69) is 25.5 Å². The van der Waals surface area contributed by atoms with E-state index in [1.165, 1.54) is 7.11 Å². The Morgan fingerprint density at radius 2 is 2.11 bits per heavy atom. The lowest BCUT2D eigenvalue weighted by molar-refractivity contribution is 0.122. The summed E-state index contributed by atoms with van der Waals surface area (Å²) in [5, 5.41) is 13.9. The number of hydrogen-bond acceptors (Lipinski definition) is 10. The second-order valence-corrected chi connectivity index (χ2v) is 5.58. The lowest BCUT2D eigenvalue weighted by Gasteiger charge is -2.26. The molecular weight excluding hydrogens is 352 g/mol. The zero-order valence-corrected chi connectivity index (χ0v) is 15.3. The van der Waals surface area contributed by atoms with Gasteiger partial charge in [-0.1, -0.05) is 0 Å². The third-order valence-electron chi connectivity index (χ3n) is 3.74. The maximum Gasteiger partial charge on any atom is 0.322 e. The van der Waals surface area contributed by atoms with Gasteiger partial charge in [0, 0.05) is 13.1 Å². The molecule has 1 aliphatic heterocycles. The van der Waals surface area contributed by atoms with Crippen molar-refractivity contribution in [2.75, 3.05) is 50.3 Å². The van der Waals surface area contributed by atoms with E-state index in [0.29, 0.717) is 44.6 Å². The summed E-state index contributed by atoms with van der Waals surface area (Å²) < 4.78 is 15.9. The second kappa shape index (κ2) is 8.99. The largest absolute Gasteiger partial charge is 0.504 e. The number of anilines is 2. The van der Waals surface area contributed by atoms with E-state index in [1.807, 2.05) is 11.8 Å². The molecule has 1 saturated heterocycles. The highest BCUT2D eigenvalue weighted by Crippen LogP contribution is 2.26. The van der Waals surface area contributed by atoms with Gasteiger partial charge in [0.25, 0.3) is 5.95 Å². The van der Waals surface area contributed by atoms with Gasteiger partial charge in [0.15, 0.2) is 11.5 Å². The normalized spacial score (nSPS) is 14.4. The van der Waals surface area contributed by atoms with Gasteiger partial charge in [-0.25, -0.2) is 5.43 Å². The Kier molecular flexibility index (Phi) is 6.21. The molecule has 2 N–H and O–H groups in total. The lowest BCUT2D eigenvalue weighted by Crippen LogP contribution is -2.37.